The van der Waals surface area contributed by atoms with Crippen molar-refractivity contribution in [3.8, 4) is 0 Å². The van der Waals surface area contributed by atoms with Crippen LogP contribution in [0.5, 0.6) is 0 Å². The van der Waals surface area contributed by atoms with Crippen molar-refractivity contribution in [1.29, 1.82) is 0 Å². The van der Waals surface area contributed by atoms with Crippen LogP contribution in [0.25, 0.3) is 0 Å². The molecule has 70 valence electrons. The summed E-state index contributed by atoms with van der Waals surface area (Å²) in [6.45, 7) is 0.658. The summed E-state index contributed by atoms with van der Waals surface area (Å²) in [6.07, 6.45) is 3.96. The van der Waals surface area contributed by atoms with Gasteiger partial charge in [-0.2, -0.15) is 0 Å². The summed E-state index contributed by atoms with van der Waals surface area (Å²) in [7, 11) is 0. The number of aromatic nitrogens is 1. The third kappa shape index (κ3) is 1.60. The van der Waals surface area contributed by atoms with Gasteiger partial charge in [0.15, 0.2) is 0 Å². The number of rotatable bonds is 2. The molecule has 1 aromatic rings. The molecule has 1 heterocycles. The van der Waals surface area contributed by atoms with E-state index >= 15 is 0 Å². The molecule has 0 bridgehead atoms. The van der Waals surface area contributed by atoms with Crippen molar-refractivity contribution in [1.82, 2.24) is 4.98 Å². The Morgan fingerprint density at radius 1 is 1.62 bits per heavy atom. The zero-order valence-electron chi connectivity index (χ0n) is 7.06. The van der Waals surface area contributed by atoms with Crippen LogP contribution in [0, 0.1) is 0 Å². The molecule has 0 spiro atoms. The van der Waals surface area contributed by atoms with Gasteiger partial charge in [-0.25, -0.2) is 4.98 Å². The van der Waals surface area contributed by atoms with Crippen LogP contribution in [0.3, 0.4) is 0 Å². The fraction of sp³-hybridized carbons (Fsp3) is 0.444. The molecular weight excluding hydrogens is 251 g/mol. The van der Waals surface area contributed by atoms with E-state index in [0.29, 0.717) is 11.7 Å². The van der Waals surface area contributed by atoms with E-state index in [9.17, 15) is 0 Å². The summed E-state index contributed by atoms with van der Waals surface area (Å²) in [5.74, 6) is 0. The van der Waals surface area contributed by atoms with Gasteiger partial charge in [-0.05, 0) is 40.4 Å². The summed E-state index contributed by atoms with van der Waals surface area (Å²) in [5.41, 5.74) is 6.93. The Bertz CT molecular complexity index is 336. The number of pyridine rings is 1. The molecule has 2 nitrogen and oxygen atoms in total. The molecule has 1 aliphatic rings. The van der Waals surface area contributed by atoms with Gasteiger partial charge in [0.25, 0.3) is 0 Å². The van der Waals surface area contributed by atoms with Gasteiger partial charge in [0.1, 0.15) is 5.15 Å². The molecule has 2 rings (SSSR count). The Labute approximate surface area is 90.6 Å². The van der Waals surface area contributed by atoms with Crippen LogP contribution in [0.1, 0.15) is 18.4 Å². The van der Waals surface area contributed by atoms with E-state index in [2.05, 4.69) is 20.9 Å². The standard InChI is InChI=1S/C9H10BrClN2/c10-6-3-7(8(11)13-4-6)9(5-12)1-2-9/h3-4H,1-2,5,12H2. The Kier molecular flexibility index (Phi) is 2.34. The molecule has 1 aliphatic carbocycles. The highest BCUT2D eigenvalue weighted by atomic mass is 79.9. The van der Waals surface area contributed by atoms with E-state index in [0.717, 1.165) is 22.9 Å². The van der Waals surface area contributed by atoms with Crippen molar-refractivity contribution in [2.24, 2.45) is 5.73 Å². The summed E-state index contributed by atoms with van der Waals surface area (Å²) < 4.78 is 0.964. The van der Waals surface area contributed by atoms with Gasteiger partial charge < -0.3 is 5.73 Å². The number of hydrogen-bond donors (Lipinski definition) is 1. The van der Waals surface area contributed by atoms with Crippen LogP contribution in [-0.2, 0) is 5.41 Å². The van der Waals surface area contributed by atoms with Crippen LogP contribution in [-0.4, -0.2) is 11.5 Å². The van der Waals surface area contributed by atoms with E-state index in [1.807, 2.05) is 6.07 Å². The molecule has 13 heavy (non-hydrogen) atoms. The van der Waals surface area contributed by atoms with Crippen LogP contribution in [0.4, 0.5) is 0 Å². The fourth-order valence-electron chi connectivity index (χ4n) is 1.53. The van der Waals surface area contributed by atoms with E-state index in [1.54, 1.807) is 6.20 Å². The largest absolute Gasteiger partial charge is 0.330 e. The molecule has 0 aromatic carbocycles. The fourth-order valence-corrected chi connectivity index (χ4v) is 2.16. The van der Waals surface area contributed by atoms with Crippen molar-refractivity contribution in [2.45, 2.75) is 18.3 Å². The van der Waals surface area contributed by atoms with Crippen molar-refractivity contribution in [2.75, 3.05) is 6.54 Å². The van der Waals surface area contributed by atoms with Gasteiger partial charge in [0, 0.05) is 22.6 Å². The minimum absolute atomic E-state index is 0.119. The van der Waals surface area contributed by atoms with Crippen LogP contribution in [0.2, 0.25) is 5.15 Å². The third-order valence-corrected chi connectivity index (χ3v) is 3.36. The highest BCUT2D eigenvalue weighted by molar-refractivity contribution is 9.10. The Morgan fingerprint density at radius 3 is 2.85 bits per heavy atom. The maximum atomic E-state index is 6.01. The summed E-state index contributed by atoms with van der Waals surface area (Å²) in [5, 5.41) is 0.589. The number of hydrogen-bond acceptors (Lipinski definition) is 2. The van der Waals surface area contributed by atoms with Crippen LogP contribution in [0.15, 0.2) is 16.7 Å². The van der Waals surface area contributed by atoms with Gasteiger partial charge >= 0.3 is 0 Å². The Morgan fingerprint density at radius 2 is 2.31 bits per heavy atom. The molecule has 0 aliphatic heterocycles. The van der Waals surface area contributed by atoms with Gasteiger partial charge in [-0.1, -0.05) is 11.6 Å². The first-order valence-corrected chi connectivity index (χ1v) is 5.37. The summed E-state index contributed by atoms with van der Waals surface area (Å²) in [4.78, 5) is 4.10. The quantitative estimate of drug-likeness (QED) is 0.831. The van der Waals surface area contributed by atoms with E-state index in [-0.39, 0.29) is 5.41 Å². The number of nitrogens with two attached hydrogens (primary N) is 1. The molecule has 0 amide bonds. The predicted octanol–water partition coefficient (Wildman–Crippen LogP) is 2.49. The summed E-state index contributed by atoms with van der Waals surface area (Å²) in [6, 6.07) is 2.02. The molecule has 2 N–H and O–H groups in total. The number of nitrogens with zero attached hydrogens (tertiary/aromatic N) is 1. The van der Waals surface area contributed by atoms with Crippen LogP contribution < -0.4 is 5.73 Å². The molecule has 0 atom stereocenters. The molecule has 1 saturated carbocycles. The van der Waals surface area contributed by atoms with Crippen molar-refractivity contribution >= 4 is 27.5 Å². The highest BCUT2D eigenvalue weighted by Crippen LogP contribution is 2.49. The van der Waals surface area contributed by atoms with Gasteiger partial charge in [-0.15, -0.1) is 0 Å². The summed E-state index contributed by atoms with van der Waals surface area (Å²) >= 11 is 9.40. The second-order valence-electron chi connectivity index (χ2n) is 3.48. The molecule has 4 heteroatoms. The van der Waals surface area contributed by atoms with Gasteiger partial charge in [0.05, 0.1) is 0 Å². The average molecular weight is 262 g/mol. The topological polar surface area (TPSA) is 38.9 Å². The predicted molar refractivity (Wildman–Crippen MR) is 56.9 cm³/mol. The lowest BCUT2D eigenvalue weighted by Crippen LogP contribution is -2.20. The monoisotopic (exact) mass is 260 g/mol. The zero-order chi connectivity index (χ0) is 9.47. The number of halogens is 2. The van der Waals surface area contributed by atoms with E-state index in [1.165, 1.54) is 0 Å². The minimum atomic E-state index is 0.119. The first-order valence-electron chi connectivity index (χ1n) is 4.19. The Balaban J connectivity index is 2.44. The zero-order valence-corrected chi connectivity index (χ0v) is 9.40. The lowest BCUT2D eigenvalue weighted by atomic mass is 9.98. The maximum absolute atomic E-state index is 6.01. The van der Waals surface area contributed by atoms with Gasteiger partial charge in [0.2, 0.25) is 0 Å². The normalized spacial score (nSPS) is 18.7. The lowest BCUT2D eigenvalue weighted by molar-refractivity contribution is 0.700. The Hall–Kier alpha value is -0.120. The van der Waals surface area contributed by atoms with E-state index < -0.39 is 0 Å². The second-order valence-corrected chi connectivity index (χ2v) is 4.75. The van der Waals surface area contributed by atoms with E-state index in [4.69, 9.17) is 17.3 Å². The molecule has 0 saturated heterocycles. The lowest BCUT2D eigenvalue weighted by Gasteiger charge is -2.13. The first-order chi connectivity index (χ1) is 6.18. The SMILES string of the molecule is NCC1(c2cc(Br)cnc2Cl)CC1. The van der Waals surface area contributed by atoms with Crippen LogP contribution >= 0.6 is 27.5 Å². The molecule has 1 fully saturated rings. The average Bonchev–Trinajstić information content (AvgIpc) is 2.90. The highest BCUT2D eigenvalue weighted by Gasteiger charge is 2.44. The second kappa shape index (κ2) is 3.23. The smallest absolute Gasteiger partial charge is 0.132 e. The maximum Gasteiger partial charge on any atom is 0.132 e. The van der Waals surface area contributed by atoms with Gasteiger partial charge in [-0.3, -0.25) is 0 Å². The minimum Gasteiger partial charge on any atom is -0.330 e. The first kappa shape index (κ1) is 9.44. The molecule has 1 aromatic heterocycles. The third-order valence-electron chi connectivity index (χ3n) is 2.62. The molecular formula is C9H10BrClN2. The van der Waals surface area contributed by atoms with Crippen molar-refractivity contribution in [3.05, 3.63) is 27.5 Å². The molecule has 0 radical (unpaired) electrons. The van der Waals surface area contributed by atoms with Crippen molar-refractivity contribution in [3.63, 3.8) is 0 Å². The van der Waals surface area contributed by atoms with Crippen molar-refractivity contribution < 1.29 is 0 Å². The molecule has 0 unspecified atom stereocenters.